The van der Waals surface area contributed by atoms with Crippen LogP contribution in [0.25, 0.3) is 11.1 Å². The van der Waals surface area contributed by atoms with Gasteiger partial charge in [-0.2, -0.15) is 0 Å². The molecule has 0 bridgehead atoms. The Balaban J connectivity index is 1.77. The molecule has 4 heteroatoms. The monoisotopic (exact) mass is 288 g/mol. The molecule has 0 amide bonds. The highest BCUT2D eigenvalue weighted by Crippen LogP contribution is 2.28. The largest absolute Gasteiger partial charge is 0.441 e. The van der Waals surface area contributed by atoms with Crippen molar-refractivity contribution in [1.29, 1.82) is 0 Å². The Labute approximate surface area is 125 Å². The minimum Gasteiger partial charge on any atom is -0.441 e. The van der Waals surface area contributed by atoms with Crippen LogP contribution in [0.15, 0.2) is 28.7 Å². The summed E-state index contributed by atoms with van der Waals surface area (Å²) in [6.45, 7) is 6.18. The Morgan fingerprint density at radius 1 is 1.33 bits per heavy atom. The lowest BCUT2D eigenvalue weighted by Gasteiger charge is -2.26. The first-order valence-electron chi connectivity index (χ1n) is 8.01. The van der Waals surface area contributed by atoms with E-state index >= 15 is 0 Å². The van der Waals surface area contributed by atoms with Gasteiger partial charge in [-0.25, -0.2) is 4.98 Å². The zero-order valence-electron chi connectivity index (χ0n) is 12.8. The summed E-state index contributed by atoms with van der Waals surface area (Å²) in [5.74, 6) is 1.37. The Morgan fingerprint density at radius 2 is 2.19 bits per heavy atom. The third-order valence-corrected chi connectivity index (χ3v) is 4.38. The number of hydrogen-bond acceptors (Lipinski definition) is 4. The van der Waals surface area contributed by atoms with E-state index in [4.69, 9.17) is 9.15 Å². The Morgan fingerprint density at radius 3 is 2.95 bits per heavy atom. The van der Waals surface area contributed by atoms with E-state index in [1.54, 1.807) is 0 Å². The average Bonchev–Trinajstić information content (AvgIpc) is 3.12. The Hall–Kier alpha value is -1.39. The van der Waals surface area contributed by atoms with Gasteiger partial charge in [-0.15, -0.1) is 0 Å². The van der Waals surface area contributed by atoms with E-state index in [0.29, 0.717) is 18.1 Å². The standard InChI is InChI=1S/C17H24N2O2/c1-3-15-12(9-10-20-15)14(18-4-2)11-17-19-13-7-5-6-8-16(13)21-17/h5-8,12,14-15,18H,3-4,9-11H2,1-2H3. The van der Waals surface area contributed by atoms with Gasteiger partial charge in [0.2, 0.25) is 0 Å². The van der Waals surface area contributed by atoms with E-state index in [-0.39, 0.29) is 0 Å². The molecule has 4 nitrogen and oxygen atoms in total. The van der Waals surface area contributed by atoms with Crippen LogP contribution in [0.2, 0.25) is 0 Å². The molecule has 3 rings (SSSR count). The molecule has 21 heavy (non-hydrogen) atoms. The van der Waals surface area contributed by atoms with Crippen molar-refractivity contribution in [3.8, 4) is 0 Å². The first kappa shape index (κ1) is 14.5. The van der Waals surface area contributed by atoms with Crippen LogP contribution in [0.1, 0.15) is 32.6 Å². The lowest BCUT2D eigenvalue weighted by Crippen LogP contribution is -2.41. The van der Waals surface area contributed by atoms with Crippen LogP contribution in [0.4, 0.5) is 0 Å². The average molecular weight is 288 g/mol. The highest BCUT2D eigenvalue weighted by molar-refractivity contribution is 5.72. The first-order valence-corrected chi connectivity index (χ1v) is 8.01. The maximum absolute atomic E-state index is 5.88. The van der Waals surface area contributed by atoms with E-state index in [1.165, 1.54) is 0 Å². The molecule has 1 saturated heterocycles. The van der Waals surface area contributed by atoms with Crippen molar-refractivity contribution >= 4 is 11.1 Å². The number of ether oxygens (including phenoxy) is 1. The van der Waals surface area contributed by atoms with Crippen molar-refractivity contribution in [3.63, 3.8) is 0 Å². The molecule has 114 valence electrons. The zero-order valence-corrected chi connectivity index (χ0v) is 12.8. The van der Waals surface area contributed by atoms with Crippen LogP contribution in [0.3, 0.4) is 0 Å². The van der Waals surface area contributed by atoms with Crippen LogP contribution in [-0.2, 0) is 11.2 Å². The highest BCUT2D eigenvalue weighted by Gasteiger charge is 2.34. The molecule has 2 heterocycles. The number of hydrogen-bond donors (Lipinski definition) is 1. The van der Waals surface area contributed by atoms with Crippen LogP contribution < -0.4 is 5.32 Å². The predicted molar refractivity (Wildman–Crippen MR) is 83.3 cm³/mol. The molecular formula is C17H24N2O2. The molecule has 1 aromatic heterocycles. The molecule has 3 unspecified atom stereocenters. The summed E-state index contributed by atoms with van der Waals surface area (Å²) in [5.41, 5.74) is 1.81. The molecule has 0 aliphatic carbocycles. The lowest BCUT2D eigenvalue weighted by molar-refractivity contribution is 0.0770. The maximum atomic E-state index is 5.88. The molecule has 1 aliphatic heterocycles. The minimum absolute atomic E-state index is 0.360. The normalized spacial score (nSPS) is 23.7. The van der Waals surface area contributed by atoms with Gasteiger partial charge in [0.25, 0.3) is 0 Å². The van der Waals surface area contributed by atoms with E-state index in [1.807, 2.05) is 24.3 Å². The third-order valence-electron chi connectivity index (χ3n) is 4.38. The van der Waals surface area contributed by atoms with Crippen molar-refractivity contribution in [3.05, 3.63) is 30.2 Å². The van der Waals surface area contributed by atoms with Crippen molar-refractivity contribution in [2.75, 3.05) is 13.2 Å². The smallest absolute Gasteiger partial charge is 0.197 e. The molecule has 1 fully saturated rings. The summed E-state index contributed by atoms with van der Waals surface area (Å²) in [6, 6.07) is 8.32. The number of rotatable bonds is 6. The van der Waals surface area contributed by atoms with Crippen molar-refractivity contribution in [2.24, 2.45) is 5.92 Å². The maximum Gasteiger partial charge on any atom is 0.197 e. The highest BCUT2D eigenvalue weighted by atomic mass is 16.5. The summed E-state index contributed by atoms with van der Waals surface area (Å²) < 4.78 is 11.7. The molecule has 1 N–H and O–H groups in total. The second-order valence-electron chi connectivity index (χ2n) is 5.71. The van der Waals surface area contributed by atoms with Crippen molar-refractivity contribution in [1.82, 2.24) is 10.3 Å². The second kappa shape index (κ2) is 6.58. The van der Waals surface area contributed by atoms with E-state index in [2.05, 4.69) is 24.1 Å². The fraction of sp³-hybridized carbons (Fsp3) is 0.588. The Kier molecular flexibility index (Phi) is 4.56. The van der Waals surface area contributed by atoms with E-state index in [0.717, 1.165) is 49.4 Å². The summed E-state index contributed by atoms with van der Waals surface area (Å²) in [6.07, 6.45) is 3.38. The quantitative estimate of drug-likeness (QED) is 0.887. The topological polar surface area (TPSA) is 47.3 Å². The molecule has 0 radical (unpaired) electrons. The number of para-hydroxylation sites is 2. The molecule has 2 aromatic rings. The van der Waals surface area contributed by atoms with E-state index < -0.39 is 0 Å². The second-order valence-corrected chi connectivity index (χ2v) is 5.71. The number of nitrogens with one attached hydrogen (secondary N) is 1. The number of fused-ring (bicyclic) bond motifs is 1. The van der Waals surface area contributed by atoms with Crippen LogP contribution in [0, 0.1) is 5.92 Å². The Bertz CT molecular complexity index is 548. The van der Waals surface area contributed by atoms with Crippen LogP contribution >= 0.6 is 0 Å². The van der Waals surface area contributed by atoms with Gasteiger partial charge < -0.3 is 14.5 Å². The lowest BCUT2D eigenvalue weighted by atomic mass is 9.89. The summed E-state index contributed by atoms with van der Waals surface area (Å²) in [5, 5.41) is 3.60. The third kappa shape index (κ3) is 3.11. The number of aromatic nitrogens is 1. The summed E-state index contributed by atoms with van der Waals surface area (Å²) in [4.78, 5) is 4.61. The predicted octanol–water partition coefficient (Wildman–Crippen LogP) is 3.16. The number of likely N-dealkylation sites (N-methyl/N-ethyl adjacent to an activating group) is 1. The van der Waals surface area contributed by atoms with Crippen molar-refractivity contribution in [2.45, 2.75) is 45.3 Å². The van der Waals surface area contributed by atoms with Gasteiger partial charge in [0.05, 0.1) is 6.10 Å². The van der Waals surface area contributed by atoms with E-state index in [9.17, 15) is 0 Å². The molecule has 3 atom stereocenters. The van der Waals surface area contributed by atoms with Gasteiger partial charge in [-0.1, -0.05) is 26.0 Å². The van der Waals surface area contributed by atoms with Gasteiger partial charge in [-0.05, 0) is 31.5 Å². The fourth-order valence-electron chi connectivity index (χ4n) is 3.38. The molecule has 1 aromatic carbocycles. The number of oxazole rings is 1. The summed E-state index contributed by atoms with van der Waals surface area (Å²) in [7, 11) is 0. The van der Waals surface area contributed by atoms with Gasteiger partial charge in [-0.3, -0.25) is 0 Å². The minimum atomic E-state index is 0.360. The number of benzene rings is 1. The molecule has 1 aliphatic rings. The SMILES string of the molecule is CCNC(Cc1nc2ccccc2o1)C1CCOC1CC. The molecule has 0 saturated carbocycles. The summed E-state index contributed by atoms with van der Waals surface area (Å²) >= 11 is 0. The van der Waals surface area contributed by atoms with Gasteiger partial charge in [0.15, 0.2) is 11.5 Å². The van der Waals surface area contributed by atoms with Crippen LogP contribution in [0.5, 0.6) is 0 Å². The van der Waals surface area contributed by atoms with Gasteiger partial charge >= 0.3 is 0 Å². The molecular weight excluding hydrogens is 264 g/mol. The van der Waals surface area contributed by atoms with Crippen LogP contribution in [-0.4, -0.2) is 30.3 Å². The van der Waals surface area contributed by atoms with Gasteiger partial charge in [0, 0.05) is 25.0 Å². The fourth-order valence-corrected chi connectivity index (χ4v) is 3.38. The molecule has 0 spiro atoms. The zero-order chi connectivity index (χ0) is 14.7. The van der Waals surface area contributed by atoms with Crippen molar-refractivity contribution < 1.29 is 9.15 Å². The van der Waals surface area contributed by atoms with Gasteiger partial charge in [0.1, 0.15) is 5.52 Å². The number of nitrogens with zero attached hydrogens (tertiary/aromatic N) is 1. The first-order chi connectivity index (χ1) is 10.3.